The molecule has 0 radical (unpaired) electrons. The van der Waals surface area contributed by atoms with Crippen LogP contribution >= 0.6 is 0 Å². The molecule has 0 aromatic heterocycles. The van der Waals surface area contributed by atoms with Crippen molar-refractivity contribution in [1.82, 2.24) is 10.2 Å². The molecule has 1 unspecified atom stereocenters. The number of carbonyl (C=O) groups is 2. The fourth-order valence-electron chi connectivity index (χ4n) is 3.07. The molecule has 2 N–H and O–H groups in total. The van der Waals surface area contributed by atoms with Crippen LogP contribution in [-0.4, -0.2) is 43.5 Å². The van der Waals surface area contributed by atoms with Gasteiger partial charge in [0.1, 0.15) is 5.75 Å². The maximum absolute atomic E-state index is 12.6. The molecule has 1 atom stereocenters. The van der Waals surface area contributed by atoms with Gasteiger partial charge in [-0.15, -0.1) is 0 Å². The molecule has 0 spiro atoms. The fraction of sp³-hybridized carbons (Fsp3) is 0.391. The summed E-state index contributed by atoms with van der Waals surface area (Å²) >= 11 is 0. The molecule has 0 aliphatic rings. The van der Waals surface area contributed by atoms with Crippen LogP contribution < -0.4 is 15.4 Å². The molecule has 156 valence electrons. The van der Waals surface area contributed by atoms with Crippen LogP contribution in [0.3, 0.4) is 0 Å². The van der Waals surface area contributed by atoms with Crippen molar-refractivity contribution < 1.29 is 14.3 Å². The molecule has 2 amide bonds. The molecule has 2 aromatic rings. The van der Waals surface area contributed by atoms with E-state index in [4.69, 9.17) is 4.74 Å². The van der Waals surface area contributed by atoms with Gasteiger partial charge in [-0.2, -0.15) is 0 Å². The first-order chi connectivity index (χ1) is 13.9. The molecule has 29 heavy (non-hydrogen) atoms. The van der Waals surface area contributed by atoms with E-state index in [1.807, 2.05) is 42.2 Å². The molecule has 6 heteroatoms. The highest BCUT2D eigenvalue weighted by Gasteiger charge is 2.20. The zero-order valence-electron chi connectivity index (χ0n) is 17.6. The van der Waals surface area contributed by atoms with Gasteiger partial charge >= 0.3 is 0 Å². The van der Waals surface area contributed by atoms with Crippen molar-refractivity contribution >= 4 is 17.5 Å². The average molecular weight is 398 g/mol. The number of hydrogen-bond donors (Lipinski definition) is 2. The summed E-state index contributed by atoms with van der Waals surface area (Å²) in [6.45, 7) is 7.01. The number of hydrogen-bond acceptors (Lipinski definition) is 4. The van der Waals surface area contributed by atoms with E-state index in [9.17, 15) is 9.59 Å². The zero-order valence-corrected chi connectivity index (χ0v) is 17.6. The predicted octanol–water partition coefficient (Wildman–Crippen LogP) is 3.47. The summed E-state index contributed by atoms with van der Waals surface area (Å²) in [7, 11) is 1.60. The predicted molar refractivity (Wildman–Crippen MR) is 116 cm³/mol. The van der Waals surface area contributed by atoms with E-state index in [1.165, 1.54) is 0 Å². The largest absolute Gasteiger partial charge is 0.497 e. The lowest BCUT2D eigenvalue weighted by atomic mass is 9.96. The second-order valence-corrected chi connectivity index (χ2v) is 7.28. The lowest BCUT2D eigenvalue weighted by Gasteiger charge is -2.25. The average Bonchev–Trinajstić information content (AvgIpc) is 2.72. The molecule has 2 aromatic carbocycles. The van der Waals surface area contributed by atoms with Gasteiger partial charge in [0.25, 0.3) is 0 Å². The van der Waals surface area contributed by atoms with Crippen LogP contribution in [0.2, 0.25) is 0 Å². The third kappa shape index (κ3) is 7.23. The number of rotatable bonds is 10. The Bertz CT molecular complexity index is 776. The van der Waals surface area contributed by atoms with Crippen molar-refractivity contribution in [1.29, 1.82) is 0 Å². The highest BCUT2D eigenvalue weighted by atomic mass is 16.5. The minimum atomic E-state index is -0.159. The van der Waals surface area contributed by atoms with Gasteiger partial charge in [0, 0.05) is 5.69 Å². The summed E-state index contributed by atoms with van der Waals surface area (Å²) in [5.74, 6) is 0.739. The Morgan fingerprint density at radius 2 is 1.59 bits per heavy atom. The van der Waals surface area contributed by atoms with Crippen molar-refractivity contribution in [3.63, 3.8) is 0 Å². The number of likely N-dealkylation sites (N-methyl/N-ethyl adjacent to an activating group) is 1. The Balaban J connectivity index is 1.90. The Hall–Kier alpha value is -2.86. The molecular formula is C23H31N3O3. The summed E-state index contributed by atoms with van der Waals surface area (Å²) in [6.07, 6.45) is 0. The molecule has 0 saturated heterocycles. The molecule has 2 rings (SSSR count). The first kappa shape index (κ1) is 22.4. The van der Waals surface area contributed by atoms with Crippen molar-refractivity contribution in [2.24, 2.45) is 5.92 Å². The summed E-state index contributed by atoms with van der Waals surface area (Å²) in [4.78, 5) is 26.8. The third-order valence-corrected chi connectivity index (χ3v) is 4.70. The summed E-state index contributed by atoms with van der Waals surface area (Å²) in [5.41, 5.74) is 1.77. The van der Waals surface area contributed by atoms with Gasteiger partial charge in [-0.05, 0) is 42.3 Å². The van der Waals surface area contributed by atoms with Crippen molar-refractivity contribution in [2.75, 3.05) is 32.1 Å². The second kappa shape index (κ2) is 11.2. The van der Waals surface area contributed by atoms with E-state index in [2.05, 4.69) is 24.5 Å². The maximum Gasteiger partial charge on any atom is 0.238 e. The molecule has 0 aliphatic carbocycles. The standard InChI is InChI=1S/C23H31N3O3/c1-5-26(15-21(27)24-19-11-13-20(29-4)14-12-19)16-22(28)25-23(17(2)3)18-9-7-6-8-10-18/h6-14,17,23H,5,15-16H2,1-4H3,(H,24,27)(H,25,28). The number of amides is 2. The highest BCUT2D eigenvalue weighted by molar-refractivity contribution is 5.92. The van der Waals surface area contributed by atoms with E-state index in [0.29, 0.717) is 12.2 Å². The summed E-state index contributed by atoms with van der Waals surface area (Å²) < 4.78 is 5.11. The quantitative estimate of drug-likeness (QED) is 0.644. The number of nitrogens with one attached hydrogen (secondary N) is 2. The van der Waals surface area contributed by atoms with E-state index in [-0.39, 0.29) is 36.9 Å². The zero-order chi connectivity index (χ0) is 21.2. The van der Waals surface area contributed by atoms with E-state index in [1.54, 1.807) is 31.4 Å². The van der Waals surface area contributed by atoms with Gasteiger partial charge < -0.3 is 15.4 Å². The Morgan fingerprint density at radius 3 is 2.14 bits per heavy atom. The van der Waals surface area contributed by atoms with Crippen molar-refractivity contribution in [3.05, 3.63) is 60.2 Å². The normalized spacial score (nSPS) is 11.9. The van der Waals surface area contributed by atoms with Crippen LogP contribution in [0.5, 0.6) is 5.75 Å². The molecule has 0 fully saturated rings. The number of ether oxygens (including phenoxy) is 1. The lowest BCUT2D eigenvalue weighted by molar-refractivity contribution is -0.124. The number of benzene rings is 2. The fourth-order valence-corrected chi connectivity index (χ4v) is 3.07. The smallest absolute Gasteiger partial charge is 0.238 e. The Labute approximate surface area is 173 Å². The second-order valence-electron chi connectivity index (χ2n) is 7.28. The van der Waals surface area contributed by atoms with Crippen LogP contribution in [0.4, 0.5) is 5.69 Å². The van der Waals surface area contributed by atoms with Gasteiger partial charge in [-0.25, -0.2) is 0 Å². The minimum absolute atomic E-state index is 0.0597. The minimum Gasteiger partial charge on any atom is -0.497 e. The Kier molecular flexibility index (Phi) is 8.68. The van der Waals surface area contributed by atoms with Gasteiger partial charge in [0.2, 0.25) is 11.8 Å². The van der Waals surface area contributed by atoms with Gasteiger partial charge in [-0.3, -0.25) is 14.5 Å². The number of nitrogens with zero attached hydrogens (tertiary/aromatic N) is 1. The summed E-state index contributed by atoms with van der Waals surface area (Å²) in [5, 5.41) is 5.96. The molecule has 0 aliphatic heterocycles. The first-order valence-electron chi connectivity index (χ1n) is 9.93. The first-order valence-corrected chi connectivity index (χ1v) is 9.93. The molecule has 0 saturated carbocycles. The topological polar surface area (TPSA) is 70.7 Å². The number of anilines is 1. The van der Waals surface area contributed by atoms with Crippen LogP contribution in [0.15, 0.2) is 54.6 Å². The highest BCUT2D eigenvalue weighted by Crippen LogP contribution is 2.21. The number of methoxy groups -OCH3 is 1. The van der Waals surface area contributed by atoms with Crippen LogP contribution in [-0.2, 0) is 9.59 Å². The van der Waals surface area contributed by atoms with Crippen LogP contribution in [0, 0.1) is 5.92 Å². The molecular weight excluding hydrogens is 366 g/mol. The van der Waals surface area contributed by atoms with E-state index >= 15 is 0 Å². The SMILES string of the molecule is CCN(CC(=O)Nc1ccc(OC)cc1)CC(=O)NC(c1ccccc1)C(C)C. The van der Waals surface area contributed by atoms with Gasteiger partial charge in [0.05, 0.1) is 26.2 Å². The van der Waals surface area contributed by atoms with Crippen LogP contribution in [0.1, 0.15) is 32.4 Å². The lowest BCUT2D eigenvalue weighted by Crippen LogP contribution is -2.42. The van der Waals surface area contributed by atoms with Crippen LogP contribution in [0.25, 0.3) is 0 Å². The molecule has 0 heterocycles. The molecule has 0 bridgehead atoms. The van der Waals surface area contributed by atoms with E-state index < -0.39 is 0 Å². The summed E-state index contributed by atoms with van der Waals surface area (Å²) in [6, 6.07) is 17.0. The van der Waals surface area contributed by atoms with E-state index in [0.717, 1.165) is 11.3 Å². The monoisotopic (exact) mass is 397 g/mol. The maximum atomic E-state index is 12.6. The van der Waals surface area contributed by atoms with Crippen molar-refractivity contribution in [3.8, 4) is 5.75 Å². The van der Waals surface area contributed by atoms with Gasteiger partial charge in [-0.1, -0.05) is 51.1 Å². The third-order valence-electron chi connectivity index (χ3n) is 4.70. The Morgan fingerprint density at radius 1 is 0.966 bits per heavy atom. The van der Waals surface area contributed by atoms with Crippen molar-refractivity contribution in [2.45, 2.75) is 26.8 Å². The molecule has 6 nitrogen and oxygen atoms in total. The number of carbonyl (C=O) groups excluding carboxylic acids is 2. The van der Waals surface area contributed by atoms with Gasteiger partial charge in [0.15, 0.2) is 0 Å².